The predicted octanol–water partition coefficient (Wildman–Crippen LogP) is 2.21. The number of hydrogen-bond acceptors (Lipinski definition) is 3. The van der Waals surface area contributed by atoms with Crippen molar-refractivity contribution in [3.05, 3.63) is 28.8 Å². The van der Waals surface area contributed by atoms with Crippen LogP contribution < -0.4 is 10.1 Å². The van der Waals surface area contributed by atoms with E-state index in [1.165, 1.54) is 6.07 Å². The second-order valence-electron chi connectivity index (χ2n) is 3.27. The first-order valence-electron chi connectivity index (χ1n) is 5.15. The Balaban J connectivity index is 3.41. The zero-order chi connectivity index (χ0) is 12.8. The normalized spacial score (nSPS) is 9.53. The lowest BCUT2D eigenvalue weighted by Crippen LogP contribution is -2.19. The van der Waals surface area contributed by atoms with Gasteiger partial charge in [0, 0.05) is 17.9 Å². The number of benzene rings is 1. The molecule has 1 amide bonds. The summed E-state index contributed by atoms with van der Waals surface area (Å²) >= 11 is 3.33. The number of rotatable bonds is 4. The van der Waals surface area contributed by atoms with Crippen molar-refractivity contribution < 1.29 is 9.53 Å². The molecule has 0 saturated heterocycles. The lowest BCUT2D eigenvalue weighted by Gasteiger charge is -2.13. The van der Waals surface area contributed by atoms with E-state index in [0.29, 0.717) is 28.8 Å². The van der Waals surface area contributed by atoms with Crippen LogP contribution in [0.1, 0.15) is 28.4 Å². The molecular formula is C12H13BrN2O2. The van der Waals surface area contributed by atoms with Crippen LogP contribution in [0.4, 0.5) is 0 Å². The fourth-order valence-corrected chi connectivity index (χ4v) is 1.89. The fourth-order valence-electron chi connectivity index (χ4n) is 1.47. The van der Waals surface area contributed by atoms with E-state index in [-0.39, 0.29) is 5.91 Å². The minimum atomic E-state index is -0.257. The standard InChI is InChI=1S/C12H13BrN2O2/c1-3-17-11-9(6-13)4-8(7-14)5-10(11)12(16)15-2/h4-5H,3,6H2,1-2H3,(H,15,16). The molecule has 1 aromatic rings. The van der Waals surface area contributed by atoms with Gasteiger partial charge < -0.3 is 10.1 Å². The molecule has 0 bridgehead atoms. The summed E-state index contributed by atoms with van der Waals surface area (Å²) in [6.45, 7) is 2.32. The first-order valence-corrected chi connectivity index (χ1v) is 6.27. The van der Waals surface area contributed by atoms with Crippen LogP contribution in [0.2, 0.25) is 0 Å². The number of nitriles is 1. The van der Waals surface area contributed by atoms with Crippen LogP contribution in [-0.4, -0.2) is 19.6 Å². The van der Waals surface area contributed by atoms with Gasteiger partial charge in [-0.3, -0.25) is 4.79 Å². The predicted molar refractivity (Wildman–Crippen MR) is 68.3 cm³/mol. The van der Waals surface area contributed by atoms with Crippen molar-refractivity contribution in [1.82, 2.24) is 5.32 Å². The number of ether oxygens (including phenoxy) is 1. The number of hydrogen-bond donors (Lipinski definition) is 1. The Morgan fingerprint density at radius 3 is 2.76 bits per heavy atom. The van der Waals surface area contributed by atoms with Crippen LogP contribution in [0.5, 0.6) is 5.75 Å². The summed E-state index contributed by atoms with van der Waals surface area (Å²) in [5, 5.41) is 12.0. The quantitative estimate of drug-likeness (QED) is 0.867. The molecule has 0 saturated carbocycles. The van der Waals surface area contributed by atoms with Crippen molar-refractivity contribution >= 4 is 21.8 Å². The summed E-state index contributed by atoms with van der Waals surface area (Å²) in [5.41, 5.74) is 1.63. The molecule has 0 aliphatic heterocycles. The zero-order valence-electron chi connectivity index (χ0n) is 9.71. The molecule has 4 nitrogen and oxygen atoms in total. The van der Waals surface area contributed by atoms with E-state index in [4.69, 9.17) is 10.00 Å². The molecule has 1 rings (SSSR count). The summed E-state index contributed by atoms with van der Waals surface area (Å²) in [6, 6.07) is 5.29. The Morgan fingerprint density at radius 2 is 2.29 bits per heavy atom. The average molecular weight is 297 g/mol. The summed E-state index contributed by atoms with van der Waals surface area (Å²) in [6.07, 6.45) is 0. The van der Waals surface area contributed by atoms with Crippen LogP contribution in [0.15, 0.2) is 12.1 Å². The molecule has 1 N–H and O–H groups in total. The topological polar surface area (TPSA) is 62.1 Å². The number of nitrogens with one attached hydrogen (secondary N) is 1. The molecular weight excluding hydrogens is 284 g/mol. The smallest absolute Gasteiger partial charge is 0.254 e. The molecule has 17 heavy (non-hydrogen) atoms. The van der Waals surface area contributed by atoms with E-state index in [2.05, 4.69) is 21.2 Å². The monoisotopic (exact) mass is 296 g/mol. The van der Waals surface area contributed by atoms with E-state index < -0.39 is 0 Å². The van der Waals surface area contributed by atoms with Gasteiger partial charge in [-0.25, -0.2) is 0 Å². The summed E-state index contributed by atoms with van der Waals surface area (Å²) in [5.74, 6) is 0.274. The third-order valence-electron chi connectivity index (χ3n) is 2.20. The maximum absolute atomic E-state index is 11.7. The minimum absolute atomic E-state index is 0.257. The third kappa shape index (κ3) is 2.98. The Labute approximate surface area is 109 Å². The Bertz CT molecular complexity index is 466. The van der Waals surface area contributed by atoms with Gasteiger partial charge in [0.2, 0.25) is 0 Å². The highest BCUT2D eigenvalue weighted by molar-refractivity contribution is 9.08. The molecule has 0 fully saturated rings. The number of halogens is 1. The van der Waals surface area contributed by atoms with Crippen molar-refractivity contribution in [1.29, 1.82) is 5.26 Å². The number of nitrogens with zero attached hydrogens (tertiary/aromatic N) is 1. The van der Waals surface area contributed by atoms with E-state index in [1.54, 1.807) is 13.1 Å². The van der Waals surface area contributed by atoms with E-state index >= 15 is 0 Å². The Hall–Kier alpha value is -1.54. The van der Waals surface area contributed by atoms with Gasteiger partial charge in [0.15, 0.2) is 0 Å². The van der Waals surface area contributed by atoms with Gasteiger partial charge in [-0.15, -0.1) is 0 Å². The fraction of sp³-hybridized carbons (Fsp3) is 0.333. The highest BCUT2D eigenvalue weighted by atomic mass is 79.9. The number of amides is 1. The molecule has 0 radical (unpaired) electrons. The van der Waals surface area contributed by atoms with Crippen LogP contribution in [-0.2, 0) is 5.33 Å². The van der Waals surface area contributed by atoms with Gasteiger partial charge in [-0.1, -0.05) is 15.9 Å². The van der Waals surface area contributed by atoms with Crippen molar-refractivity contribution in [2.24, 2.45) is 0 Å². The van der Waals surface area contributed by atoms with Gasteiger partial charge in [-0.2, -0.15) is 5.26 Å². The summed E-state index contributed by atoms with van der Waals surface area (Å²) in [4.78, 5) is 11.7. The second kappa shape index (κ2) is 6.26. The molecule has 5 heteroatoms. The molecule has 0 atom stereocenters. The van der Waals surface area contributed by atoms with E-state index in [0.717, 1.165) is 5.56 Å². The lowest BCUT2D eigenvalue weighted by atomic mass is 10.0. The number of carbonyl (C=O) groups is 1. The maximum Gasteiger partial charge on any atom is 0.254 e. The van der Waals surface area contributed by atoms with Gasteiger partial charge in [0.1, 0.15) is 5.75 Å². The molecule has 0 aliphatic rings. The Kier molecular flexibility index (Phi) is 4.98. The summed E-state index contributed by atoms with van der Waals surface area (Å²) < 4.78 is 5.48. The van der Waals surface area contributed by atoms with E-state index in [1.807, 2.05) is 13.0 Å². The van der Waals surface area contributed by atoms with E-state index in [9.17, 15) is 4.79 Å². The van der Waals surface area contributed by atoms with Crippen molar-refractivity contribution in [3.63, 3.8) is 0 Å². The molecule has 0 spiro atoms. The Morgan fingerprint density at radius 1 is 1.59 bits per heavy atom. The maximum atomic E-state index is 11.7. The van der Waals surface area contributed by atoms with Crippen LogP contribution >= 0.6 is 15.9 Å². The molecule has 0 aliphatic carbocycles. The highest BCUT2D eigenvalue weighted by Gasteiger charge is 2.16. The SMILES string of the molecule is CCOc1c(CBr)cc(C#N)cc1C(=O)NC. The van der Waals surface area contributed by atoms with Crippen molar-refractivity contribution in [2.45, 2.75) is 12.3 Å². The van der Waals surface area contributed by atoms with Crippen molar-refractivity contribution in [3.8, 4) is 11.8 Å². The second-order valence-corrected chi connectivity index (χ2v) is 3.83. The largest absolute Gasteiger partial charge is 0.493 e. The zero-order valence-corrected chi connectivity index (χ0v) is 11.3. The van der Waals surface area contributed by atoms with Gasteiger partial charge in [0.05, 0.1) is 23.8 Å². The van der Waals surface area contributed by atoms with Crippen molar-refractivity contribution in [2.75, 3.05) is 13.7 Å². The molecule has 0 aromatic heterocycles. The summed E-state index contributed by atoms with van der Waals surface area (Å²) in [7, 11) is 1.55. The minimum Gasteiger partial charge on any atom is -0.493 e. The van der Waals surface area contributed by atoms with Crippen LogP contribution in [0.25, 0.3) is 0 Å². The first kappa shape index (κ1) is 13.5. The van der Waals surface area contributed by atoms with Gasteiger partial charge in [0.25, 0.3) is 5.91 Å². The highest BCUT2D eigenvalue weighted by Crippen LogP contribution is 2.28. The molecule has 0 heterocycles. The number of carbonyl (C=O) groups excluding carboxylic acids is 1. The molecule has 90 valence electrons. The van der Waals surface area contributed by atoms with Gasteiger partial charge in [-0.05, 0) is 19.1 Å². The first-order chi connectivity index (χ1) is 8.17. The number of alkyl halides is 1. The third-order valence-corrected chi connectivity index (χ3v) is 2.80. The molecule has 0 unspecified atom stereocenters. The molecule has 1 aromatic carbocycles. The van der Waals surface area contributed by atoms with Crippen LogP contribution in [0.3, 0.4) is 0 Å². The van der Waals surface area contributed by atoms with Crippen LogP contribution in [0, 0.1) is 11.3 Å². The lowest BCUT2D eigenvalue weighted by molar-refractivity contribution is 0.0959. The van der Waals surface area contributed by atoms with Gasteiger partial charge >= 0.3 is 0 Å². The average Bonchev–Trinajstić information content (AvgIpc) is 2.38.